The fourth-order valence-corrected chi connectivity index (χ4v) is 6.08. The van der Waals surface area contributed by atoms with Crippen LogP contribution in [0.5, 0.6) is 5.75 Å². The van der Waals surface area contributed by atoms with Crippen molar-refractivity contribution >= 4 is 20.7 Å². The molecule has 6 nitrogen and oxygen atoms in total. The first-order chi connectivity index (χ1) is 18.6. The number of nitrogens with two attached hydrogens (primary N) is 1. The zero-order chi connectivity index (χ0) is 27.7. The first-order valence-corrected chi connectivity index (χ1v) is 14.8. The molecule has 0 aliphatic carbocycles. The predicted molar refractivity (Wildman–Crippen MR) is 161 cm³/mol. The number of fused-ring (bicyclic) bond motifs is 2. The highest BCUT2D eigenvalue weighted by molar-refractivity contribution is 7.91. The summed E-state index contributed by atoms with van der Waals surface area (Å²) in [6, 6.07) is 26.7. The minimum atomic E-state index is -3.18. The van der Waals surface area contributed by atoms with Crippen LogP contribution in [0.4, 0.5) is 0 Å². The largest absolute Gasteiger partial charge is 0.380 e. The topological polar surface area (TPSA) is 80.0 Å². The molecular weight excluding hydrogens is 504 g/mol. The molecule has 3 N–H and O–H groups in total. The van der Waals surface area contributed by atoms with E-state index in [0.717, 1.165) is 34.5 Å². The van der Waals surface area contributed by atoms with Crippen LogP contribution in [0, 0.1) is 0 Å². The van der Waals surface area contributed by atoms with Crippen LogP contribution in [0.25, 0.3) is 21.9 Å². The lowest BCUT2D eigenvalue weighted by molar-refractivity contribution is 0.226. The minimum absolute atomic E-state index is 0.0566. The Morgan fingerprint density at radius 3 is 2.46 bits per heavy atom. The minimum Gasteiger partial charge on any atom is -0.380 e. The lowest BCUT2D eigenvalue weighted by Gasteiger charge is -2.20. The molecule has 2 atom stereocenters. The maximum atomic E-state index is 13.5. The van der Waals surface area contributed by atoms with Gasteiger partial charge in [0.05, 0.1) is 4.90 Å². The van der Waals surface area contributed by atoms with Crippen LogP contribution in [-0.2, 0) is 16.5 Å². The zero-order valence-electron chi connectivity index (χ0n) is 23.1. The summed E-state index contributed by atoms with van der Waals surface area (Å²) in [5, 5.41) is 8.68. The van der Waals surface area contributed by atoms with Gasteiger partial charge in [0.2, 0.25) is 0 Å². The molecule has 0 saturated carbocycles. The standard InChI is InChI=1S/C32H36N4O2S/c1-21(2)29-18-25(28-12-8-10-24-9-6-7-11-27(24)28)19-30-22(3)17-31(34-38-32(29)30)35-39(33,37)26-15-13-23(14-16-26)20-36(4)5/h6-19,21-22,34H,20H2,1-5H3,(H2,33,35,37). The van der Waals surface area contributed by atoms with Crippen LogP contribution in [0.1, 0.15) is 49.3 Å². The van der Waals surface area contributed by atoms with Crippen LogP contribution in [-0.4, -0.2) is 23.2 Å². The van der Waals surface area contributed by atoms with E-state index in [2.05, 4.69) is 90.1 Å². The molecule has 7 heteroatoms. The highest BCUT2D eigenvalue weighted by atomic mass is 32.2. The van der Waals surface area contributed by atoms with Crippen LogP contribution in [0.3, 0.4) is 0 Å². The van der Waals surface area contributed by atoms with Gasteiger partial charge in [0.1, 0.15) is 9.92 Å². The van der Waals surface area contributed by atoms with E-state index in [1.165, 1.54) is 16.3 Å². The summed E-state index contributed by atoms with van der Waals surface area (Å²) < 4.78 is 17.9. The summed E-state index contributed by atoms with van der Waals surface area (Å²) in [6.45, 7) is 7.20. The SMILES string of the molecule is CC(C)c1cc(-c2cccc3ccccc23)cc2c1ONC(N=S(N)(=O)c1ccc(CN(C)C)cc1)=CC2C. The quantitative estimate of drug-likeness (QED) is 0.278. The van der Waals surface area contributed by atoms with Crippen molar-refractivity contribution in [2.45, 2.75) is 44.0 Å². The van der Waals surface area contributed by atoms with E-state index in [9.17, 15) is 4.21 Å². The molecule has 0 spiro atoms. The summed E-state index contributed by atoms with van der Waals surface area (Å²) in [4.78, 5) is 8.70. The molecule has 4 aromatic rings. The van der Waals surface area contributed by atoms with E-state index < -0.39 is 9.92 Å². The Kier molecular flexibility index (Phi) is 7.49. The van der Waals surface area contributed by atoms with Crippen molar-refractivity contribution in [3.63, 3.8) is 0 Å². The molecule has 1 aliphatic heterocycles. The van der Waals surface area contributed by atoms with Gasteiger partial charge in [0.25, 0.3) is 0 Å². The Labute approximate surface area is 231 Å². The normalized spacial score (nSPS) is 16.6. The van der Waals surface area contributed by atoms with Gasteiger partial charge in [0.15, 0.2) is 11.6 Å². The third-order valence-corrected chi connectivity index (χ3v) is 8.43. The van der Waals surface area contributed by atoms with E-state index in [0.29, 0.717) is 10.7 Å². The summed E-state index contributed by atoms with van der Waals surface area (Å²) in [5.74, 6) is 1.30. The molecule has 5 rings (SSSR count). The molecule has 0 saturated heterocycles. The summed E-state index contributed by atoms with van der Waals surface area (Å²) in [7, 11) is 0.833. The van der Waals surface area contributed by atoms with Gasteiger partial charge in [-0.1, -0.05) is 75.4 Å². The average molecular weight is 541 g/mol. The number of allylic oxidation sites excluding steroid dienone is 1. The van der Waals surface area contributed by atoms with E-state index in [1.54, 1.807) is 12.1 Å². The Morgan fingerprint density at radius 2 is 1.74 bits per heavy atom. The van der Waals surface area contributed by atoms with Crippen molar-refractivity contribution < 1.29 is 9.05 Å². The van der Waals surface area contributed by atoms with Gasteiger partial charge in [-0.25, -0.2) is 14.8 Å². The fourth-order valence-electron chi connectivity index (χ4n) is 5.06. The molecule has 202 valence electrons. The number of nitrogens with one attached hydrogen (secondary N) is 1. The van der Waals surface area contributed by atoms with E-state index in [1.807, 2.05) is 32.3 Å². The maximum absolute atomic E-state index is 13.5. The van der Waals surface area contributed by atoms with Gasteiger partial charge in [-0.2, -0.15) is 4.36 Å². The molecule has 0 fully saturated rings. The number of hydrogen-bond donors (Lipinski definition) is 2. The lowest BCUT2D eigenvalue weighted by atomic mass is 9.87. The van der Waals surface area contributed by atoms with Crippen molar-refractivity contribution in [2.24, 2.45) is 9.50 Å². The smallest absolute Gasteiger partial charge is 0.167 e. The summed E-state index contributed by atoms with van der Waals surface area (Å²) in [5.41, 5.74) is 8.51. The average Bonchev–Trinajstić information content (AvgIpc) is 3.05. The second-order valence-electron chi connectivity index (χ2n) is 10.8. The Morgan fingerprint density at radius 1 is 1.03 bits per heavy atom. The van der Waals surface area contributed by atoms with Gasteiger partial charge >= 0.3 is 0 Å². The van der Waals surface area contributed by atoms with Crippen molar-refractivity contribution in [2.75, 3.05) is 14.1 Å². The van der Waals surface area contributed by atoms with E-state index >= 15 is 0 Å². The number of nitrogens with zero attached hydrogens (tertiary/aromatic N) is 2. The molecule has 2 unspecified atom stereocenters. The van der Waals surface area contributed by atoms with Gasteiger partial charge in [0, 0.05) is 23.6 Å². The molecule has 4 aromatic carbocycles. The maximum Gasteiger partial charge on any atom is 0.167 e. The van der Waals surface area contributed by atoms with E-state index in [4.69, 9.17) is 9.98 Å². The Hall–Kier alpha value is -3.65. The molecule has 1 aliphatic rings. The molecule has 0 radical (unpaired) electrons. The van der Waals surface area contributed by atoms with Gasteiger partial charge in [-0.3, -0.25) is 0 Å². The third kappa shape index (κ3) is 5.71. The second-order valence-corrected chi connectivity index (χ2v) is 12.5. The summed E-state index contributed by atoms with van der Waals surface area (Å²) >= 11 is 0. The summed E-state index contributed by atoms with van der Waals surface area (Å²) in [6.07, 6.45) is 1.93. The zero-order valence-corrected chi connectivity index (χ0v) is 24.0. The molecule has 0 amide bonds. The highest BCUT2D eigenvalue weighted by Gasteiger charge is 2.24. The molecule has 1 heterocycles. The molecule has 39 heavy (non-hydrogen) atoms. The lowest BCUT2D eigenvalue weighted by Crippen LogP contribution is -2.20. The van der Waals surface area contributed by atoms with Crippen LogP contribution >= 0.6 is 0 Å². The predicted octanol–water partition coefficient (Wildman–Crippen LogP) is 6.93. The number of benzene rings is 4. The van der Waals surface area contributed by atoms with Gasteiger partial charge in [-0.15, -0.1) is 0 Å². The second kappa shape index (κ2) is 10.8. The van der Waals surface area contributed by atoms with Crippen LogP contribution < -0.4 is 15.5 Å². The first kappa shape index (κ1) is 26.9. The Bertz CT molecular complexity index is 1660. The number of rotatable bonds is 6. The monoisotopic (exact) mass is 540 g/mol. The first-order valence-electron chi connectivity index (χ1n) is 13.2. The highest BCUT2D eigenvalue weighted by Crippen LogP contribution is 2.41. The molecular formula is C32H36N4O2S. The van der Waals surface area contributed by atoms with Crippen molar-refractivity contribution in [3.05, 3.63) is 107 Å². The van der Waals surface area contributed by atoms with Crippen molar-refractivity contribution in [1.29, 1.82) is 0 Å². The van der Waals surface area contributed by atoms with E-state index in [-0.39, 0.29) is 11.8 Å². The van der Waals surface area contributed by atoms with Crippen molar-refractivity contribution in [1.82, 2.24) is 10.4 Å². The number of hydrogen-bond acceptors (Lipinski definition) is 5. The van der Waals surface area contributed by atoms with Gasteiger partial charge in [-0.05, 0) is 77.8 Å². The molecule has 0 bridgehead atoms. The molecule has 0 aromatic heterocycles. The Balaban J connectivity index is 1.54. The van der Waals surface area contributed by atoms with Crippen LogP contribution in [0.15, 0.2) is 100 Å². The number of hydroxylamine groups is 1. The van der Waals surface area contributed by atoms with Crippen molar-refractivity contribution in [3.8, 4) is 16.9 Å². The van der Waals surface area contributed by atoms with Gasteiger partial charge < -0.3 is 9.74 Å². The van der Waals surface area contributed by atoms with Crippen LogP contribution in [0.2, 0.25) is 0 Å². The third-order valence-electron chi connectivity index (χ3n) is 7.02. The fraction of sp³-hybridized carbons (Fsp3) is 0.250.